The molecule has 0 bridgehead atoms. The Kier molecular flexibility index (Phi) is 1.52. The predicted octanol–water partition coefficient (Wildman–Crippen LogP) is 1.34. The molecule has 0 amide bonds. The Balaban J connectivity index is 2.62. The minimum absolute atomic E-state index is 0.112. The van der Waals surface area contributed by atoms with Crippen LogP contribution in [0.3, 0.4) is 0 Å². The molecule has 1 aromatic carbocycles. The van der Waals surface area contributed by atoms with Crippen LogP contribution in [0, 0.1) is 0 Å². The second kappa shape index (κ2) is 2.55. The molecule has 0 atom stereocenters. The highest BCUT2D eigenvalue weighted by molar-refractivity contribution is 6.27. The molecular formula is C10H6O3. The van der Waals surface area contributed by atoms with E-state index in [-0.39, 0.29) is 11.4 Å². The number of hydrogen-bond acceptors (Lipinski definition) is 3. The van der Waals surface area contributed by atoms with E-state index in [1.54, 1.807) is 24.3 Å². The molecule has 2 rings (SSSR count). The number of ether oxygens (including phenoxy) is 1. The first-order valence-corrected chi connectivity index (χ1v) is 3.75. The number of benzene rings is 1. The predicted molar refractivity (Wildman–Crippen MR) is 45.5 cm³/mol. The second-order valence-electron chi connectivity index (χ2n) is 2.69. The summed E-state index contributed by atoms with van der Waals surface area (Å²) in [5.74, 6) is -0.708. The van der Waals surface area contributed by atoms with E-state index in [9.17, 15) is 9.59 Å². The molecule has 0 aromatic heterocycles. The van der Waals surface area contributed by atoms with Crippen LogP contribution in [0.1, 0.15) is 10.4 Å². The summed E-state index contributed by atoms with van der Waals surface area (Å²) in [6.07, 6.45) is 0. The standard InChI is InChI=1S/C10H6O3/c1-6-9(11)7-4-2-3-5-8(7)13-10(6)12/h2-5H,1H2. The van der Waals surface area contributed by atoms with Crippen molar-refractivity contribution in [2.75, 3.05) is 0 Å². The molecular weight excluding hydrogens is 168 g/mol. The van der Waals surface area contributed by atoms with Gasteiger partial charge in [0.1, 0.15) is 11.3 Å². The van der Waals surface area contributed by atoms with Gasteiger partial charge in [0, 0.05) is 0 Å². The summed E-state index contributed by atoms with van der Waals surface area (Å²) in [6, 6.07) is 6.60. The van der Waals surface area contributed by atoms with Crippen LogP contribution in [-0.2, 0) is 4.79 Å². The maximum atomic E-state index is 11.4. The summed E-state index contributed by atoms with van der Waals surface area (Å²) in [4.78, 5) is 22.5. The number of Topliss-reactive ketones (excluding diaryl/α,β-unsaturated/α-hetero) is 1. The van der Waals surface area contributed by atoms with Crippen molar-refractivity contribution in [3.05, 3.63) is 42.0 Å². The van der Waals surface area contributed by atoms with Crippen LogP contribution in [0.5, 0.6) is 5.75 Å². The van der Waals surface area contributed by atoms with E-state index >= 15 is 0 Å². The Morgan fingerprint density at radius 3 is 2.62 bits per heavy atom. The number of esters is 1. The molecule has 64 valence electrons. The van der Waals surface area contributed by atoms with Gasteiger partial charge in [-0.2, -0.15) is 0 Å². The highest BCUT2D eigenvalue weighted by Crippen LogP contribution is 2.26. The maximum Gasteiger partial charge on any atom is 0.346 e. The first-order chi connectivity index (χ1) is 6.20. The van der Waals surface area contributed by atoms with Gasteiger partial charge in [0.05, 0.1) is 5.56 Å². The molecule has 0 fully saturated rings. The van der Waals surface area contributed by atoms with Gasteiger partial charge in [-0.1, -0.05) is 18.7 Å². The van der Waals surface area contributed by atoms with E-state index in [1.165, 1.54) is 0 Å². The van der Waals surface area contributed by atoms with E-state index in [0.717, 1.165) is 0 Å². The van der Waals surface area contributed by atoms with Gasteiger partial charge in [-0.25, -0.2) is 4.79 Å². The van der Waals surface area contributed by atoms with Crippen molar-refractivity contribution >= 4 is 11.8 Å². The molecule has 1 heterocycles. The lowest BCUT2D eigenvalue weighted by Crippen LogP contribution is -2.24. The summed E-state index contributed by atoms with van der Waals surface area (Å²) in [7, 11) is 0. The lowest BCUT2D eigenvalue weighted by Gasteiger charge is -2.14. The molecule has 0 aliphatic carbocycles. The monoisotopic (exact) mass is 174 g/mol. The van der Waals surface area contributed by atoms with Gasteiger partial charge < -0.3 is 4.74 Å². The Labute approximate surface area is 74.6 Å². The minimum atomic E-state index is -0.663. The van der Waals surface area contributed by atoms with Crippen LogP contribution in [0.2, 0.25) is 0 Å². The summed E-state index contributed by atoms with van der Waals surface area (Å²) in [5.41, 5.74) is 0.283. The Morgan fingerprint density at radius 1 is 1.15 bits per heavy atom. The summed E-state index contributed by atoms with van der Waals surface area (Å²) < 4.78 is 4.86. The van der Waals surface area contributed by atoms with Gasteiger partial charge in [0.15, 0.2) is 0 Å². The third-order valence-electron chi connectivity index (χ3n) is 1.85. The van der Waals surface area contributed by atoms with Crippen LogP contribution in [0.4, 0.5) is 0 Å². The number of hydrogen-bond donors (Lipinski definition) is 0. The van der Waals surface area contributed by atoms with Crippen LogP contribution in [0.15, 0.2) is 36.4 Å². The molecule has 3 heteroatoms. The van der Waals surface area contributed by atoms with Crippen molar-refractivity contribution in [1.82, 2.24) is 0 Å². The van der Waals surface area contributed by atoms with Crippen molar-refractivity contribution in [2.45, 2.75) is 0 Å². The van der Waals surface area contributed by atoms with E-state index in [0.29, 0.717) is 11.3 Å². The molecule has 0 N–H and O–H groups in total. The third-order valence-corrected chi connectivity index (χ3v) is 1.85. The first kappa shape index (κ1) is 7.73. The molecule has 0 spiro atoms. The van der Waals surface area contributed by atoms with Crippen molar-refractivity contribution in [2.24, 2.45) is 0 Å². The van der Waals surface area contributed by atoms with Gasteiger partial charge in [-0.15, -0.1) is 0 Å². The quantitative estimate of drug-likeness (QED) is 0.258. The highest BCUT2D eigenvalue weighted by Gasteiger charge is 2.28. The zero-order valence-electron chi connectivity index (χ0n) is 6.74. The van der Waals surface area contributed by atoms with Gasteiger partial charge in [-0.05, 0) is 12.1 Å². The van der Waals surface area contributed by atoms with Gasteiger partial charge >= 0.3 is 5.97 Å². The third kappa shape index (κ3) is 1.05. The highest BCUT2D eigenvalue weighted by atomic mass is 16.5. The van der Waals surface area contributed by atoms with Gasteiger partial charge in [-0.3, -0.25) is 4.79 Å². The van der Waals surface area contributed by atoms with E-state index < -0.39 is 5.97 Å². The molecule has 13 heavy (non-hydrogen) atoms. The average Bonchev–Trinajstić information content (AvgIpc) is 2.15. The van der Waals surface area contributed by atoms with Crippen molar-refractivity contribution in [3.8, 4) is 5.75 Å². The Bertz CT molecular complexity index is 418. The number of carbonyl (C=O) groups is 2. The second-order valence-corrected chi connectivity index (χ2v) is 2.69. The topological polar surface area (TPSA) is 43.4 Å². The van der Waals surface area contributed by atoms with E-state index in [2.05, 4.69) is 6.58 Å². The average molecular weight is 174 g/mol. The van der Waals surface area contributed by atoms with Crippen LogP contribution in [0.25, 0.3) is 0 Å². The molecule has 0 saturated heterocycles. The zero-order valence-corrected chi connectivity index (χ0v) is 6.74. The molecule has 0 radical (unpaired) electrons. The normalized spacial score (nSPS) is 15.2. The Hall–Kier alpha value is -1.90. The lowest BCUT2D eigenvalue weighted by atomic mass is 10.0. The van der Waals surface area contributed by atoms with Gasteiger partial charge in [0.2, 0.25) is 5.78 Å². The Morgan fingerprint density at radius 2 is 1.85 bits per heavy atom. The minimum Gasteiger partial charge on any atom is -0.422 e. The summed E-state index contributed by atoms with van der Waals surface area (Å²) >= 11 is 0. The molecule has 3 nitrogen and oxygen atoms in total. The fourth-order valence-electron chi connectivity index (χ4n) is 1.16. The first-order valence-electron chi connectivity index (χ1n) is 3.75. The summed E-state index contributed by atoms with van der Waals surface area (Å²) in [5, 5.41) is 0. The zero-order chi connectivity index (χ0) is 9.42. The smallest absolute Gasteiger partial charge is 0.346 e. The number of fused-ring (bicyclic) bond motifs is 1. The van der Waals surface area contributed by atoms with Crippen LogP contribution < -0.4 is 4.74 Å². The number of rotatable bonds is 0. The number of para-hydroxylation sites is 1. The molecule has 1 aliphatic rings. The van der Waals surface area contributed by atoms with Crippen LogP contribution in [-0.4, -0.2) is 11.8 Å². The fourth-order valence-corrected chi connectivity index (χ4v) is 1.16. The van der Waals surface area contributed by atoms with Gasteiger partial charge in [0.25, 0.3) is 0 Å². The fraction of sp³-hybridized carbons (Fsp3) is 0. The summed E-state index contributed by atoms with van der Waals surface area (Å²) in [6.45, 7) is 3.35. The maximum absolute atomic E-state index is 11.4. The van der Waals surface area contributed by atoms with Crippen molar-refractivity contribution < 1.29 is 14.3 Å². The molecule has 0 saturated carbocycles. The largest absolute Gasteiger partial charge is 0.422 e. The molecule has 1 aliphatic heterocycles. The number of ketones is 1. The van der Waals surface area contributed by atoms with E-state index in [1.807, 2.05) is 0 Å². The van der Waals surface area contributed by atoms with E-state index in [4.69, 9.17) is 4.74 Å². The SMILES string of the molecule is C=C1C(=O)Oc2ccccc2C1=O. The molecule has 0 unspecified atom stereocenters. The number of carbonyl (C=O) groups excluding carboxylic acids is 2. The van der Waals surface area contributed by atoms with Crippen molar-refractivity contribution in [1.29, 1.82) is 0 Å². The molecule has 1 aromatic rings. The van der Waals surface area contributed by atoms with Crippen LogP contribution >= 0.6 is 0 Å². The lowest BCUT2D eigenvalue weighted by molar-refractivity contribution is -0.130. The van der Waals surface area contributed by atoms with Crippen molar-refractivity contribution in [3.63, 3.8) is 0 Å².